The van der Waals surface area contributed by atoms with E-state index in [0.717, 1.165) is 5.92 Å². The van der Waals surface area contributed by atoms with Gasteiger partial charge in [0.2, 0.25) is 0 Å². The van der Waals surface area contributed by atoms with Gasteiger partial charge in [0.25, 0.3) is 0 Å². The Balaban J connectivity index is 2.54. The second-order valence-corrected chi connectivity index (χ2v) is 7.98. The van der Waals surface area contributed by atoms with Gasteiger partial charge in [0.15, 0.2) is 0 Å². The van der Waals surface area contributed by atoms with Gasteiger partial charge < -0.3 is 15.3 Å². The van der Waals surface area contributed by atoms with E-state index in [0.29, 0.717) is 24.5 Å². The standard InChI is InChI=1S/C16H34N2O/c1-15(2,3)13-9-7-8-10-14(13)17-11-16(4,19)12-18(5)6/h13-14,17,19H,7-12H2,1-6H3. The number of nitrogens with zero attached hydrogens (tertiary/aromatic N) is 1. The van der Waals surface area contributed by atoms with Crippen LogP contribution in [0.5, 0.6) is 0 Å². The molecule has 3 unspecified atom stereocenters. The maximum Gasteiger partial charge on any atom is 0.0869 e. The molecule has 0 radical (unpaired) electrons. The fourth-order valence-electron chi connectivity index (χ4n) is 3.50. The Kier molecular flexibility index (Phi) is 5.84. The summed E-state index contributed by atoms with van der Waals surface area (Å²) in [5, 5.41) is 14.0. The lowest BCUT2D eigenvalue weighted by Gasteiger charge is -2.42. The molecule has 1 fully saturated rings. The fraction of sp³-hybridized carbons (Fsp3) is 1.00. The zero-order valence-electron chi connectivity index (χ0n) is 13.8. The molecule has 3 nitrogen and oxygen atoms in total. The third-order valence-corrected chi connectivity index (χ3v) is 4.28. The summed E-state index contributed by atoms with van der Waals surface area (Å²) >= 11 is 0. The van der Waals surface area contributed by atoms with E-state index in [1.165, 1.54) is 25.7 Å². The third-order valence-electron chi connectivity index (χ3n) is 4.28. The Morgan fingerprint density at radius 2 is 1.68 bits per heavy atom. The van der Waals surface area contributed by atoms with Gasteiger partial charge in [0.05, 0.1) is 5.60 Å². The van der Waals surface area contributed by atoms with Crippen LogP contribution in [-0.2, 0) is 0 Å². The highest BCUT2D eigenvalue weighted by atomic mass is 16.3. The van der Waals surface area contributed by atoms with Gasteiger partial charge in [0, 0.05) is 19.1 Å². The molecule has 1 saturated carbocycles. The molecule has 1 rings (SSSR count). The van der Waals surface area contributed by atoms with E-state index in [9.17, 15) is 5.11 Å². The van der Waals surface area contributed by atoms with E-state index in [1.807, 2.05) is 25.9 Å². The molecule has 0 aliphatic heterocycles. The first-order valence-electron chi connectivity index (χ1n) is 7.72. The second kappa shape index (κ2) is 6.55. The lowest BCUT2D eigenvalue weighted by molar-refractivity contribution is 0.0224. The minimum atomic E-state index is -0.649. The van der Waals surface area contributed by atoms with E-state index >= 15 is 0 Å². The number of hydrogen-bond acceptors (Lipinski definition) is 3. The van der Waals surface area contributed by atoms with E-state index in [-0.39, 0.29) is 0 Å². The monoisotopic (exact) mass is 270 g/mol. The average molecular weight is 270 g/mol. The average Bonchev–Trinajstić information content (AvgIpc) is 2.24. The van der Waals surface area contributed by atoms with Crippen molar-refractivity contribution in [2.75, 3.05) is 27.2 Å². The third kappa shape index (κ3) is 5.80. The maximum absolute atomic E-state index is 10.4. The van der Waals surface area contributed by atoms with Crippen molar-refractivity contribution in [1.29, 1.82) is 0 Å². The van der Waals surface area contributed by atoms with Crippen LogP contribution in [-0.4, -0.2) is 48.8 Å². The highest BCUT2D eigenvalue weighted by Crippen LogP contribution is 2.38. The molecule has 1 aliphatic rings. The molecule has 2 N–H and O–H groups in total. The van der Waals surface area contributed by atoms with Crippen molar-refractivity contribution in [3.63, 3.8) is 0 Å². The summed E-state index contributed by atoms with van der Waals surface area (Å²) in [4.78, 5) is 2.05. The van der Waals surface area contributed by atoms with Crippen LogP contribution in [0.2, 0.25) is 0 Å². The Hall–Kier alpha value is -0.120. The Labute approximate surface area is 119 Å². The van der Waals surface area contributed by atoms with Crippen LogP contribution < -0.4 is 5.32 Å². The first-order valence-corrected chi connectivity index (χ1v) is 7.72. The second-order valence-electron chi connectivity index (χ2n) is 7.98. The van der Waals surface area contributed by atoms with Gasteiger partial charge in [-0.15, -0.1) is 0 Å². The van der Waals surface area contributed by atoms with Crippen LogP contribution in [0.4, 0.5) is 0 Å². The summed E-state index contributed by atoms with van der Waals surface area (Å²) in [6.07, 6.45) is 5.24. The zero-order valence-corrected chi connectivity index (χ0v) is 13.8. The van der Waals surface area contributed by atoms with Crippen LogP contribution >= 0.6 is 0 Å². The summed E-state index contributed by atoms with van der Waals surface area (Å²) in [6, 6.07) is 0.558. The van der Waals surface area contributed by atoms with Crippen LogP contribution in [0.25, 0.3) is 0 Å². The van der Waals surface area contributed by atoms with Crippen LogP contribution in [0.15, 0.2) is 0 Å². The molecule has 0 bridgehead atoms. The fourth-order valence-corrected chi connectivity index (χ4v) is 3.50. The van der Waals surface area contributed by atoms with Crippen molar-refractivity contribution in [1.82, 2.24) is 10.2 Å². The van der Waals surface area contributed by atoms with Crippen LogP contribution in [0.3, 0.4) is 0 Å². The van der Waals surface area contributed by atoms with Crippen molar-refractivity contribution in [3.8, 4) is 0 Å². The Morgan fingerprint density at radius 1 is 1.11 bits per heavy atom. The van der Waals surface area contributed by atoms with Gasteiger partial charge >= 0.3 is 0 Å². The molecule has 114 valence electrons. The molecular weight excluding hydrogens is 236 g/mol. The number of aliphatic hydroxyl groups is 1. The minimum Gasteiger partial charge on any atom is -0.388 e. The number of hydrogen-bond donors (Lipinski definition) is 2. The van der Waals surface area contributed by atoms with Crippen molar-refractivity contribution >= 4 is 0 Å². The summed E-state index contributed by atoms with van der Waals surface area (Å²) in [5.41, 5.74) is -0.297. The summed E-state index contributed by atoms with van der Waals surface area (Å²) in [7, 11) is 4.01. The molecule has 0 aromatic heterocycles. The summed E-state index contributed by atoms with van der Waals surface area (Å²) in [6.45, 7) is 10.3. The van der Waals surface area contributed by atoms with E-state index in [4.69, 9.17) is 0 Å². The number of nitrogens with one attached hydrogen (secondary N) is 1. The topological polar surface area (TPSA) is 35.5 Å². The molecule has 0 aromatic rings. The van der Waals surface area contributed by atoms with Crippen molar-refractivity contribution in [2.24, 2.45) is 11.3 Å². The predicted octanol–water partition coefficient (Wildman–Crippen LogP) is 2.49. The van der Waals surface area contributed by atoms with E-state index in [1.54, 1.807) is 0 Å². The minimum absolute atomic E-state index is 0.353. The first-order chi connectivity index (χ1) is 8.62. The smallest absolute Gasteiger partial charge is 0.0869 e. The van der Waals surface area contributed by atoms with Crippen molar-refractivity contribution in [3.05, 3.63) is 0 Å². The van der Waals surface area contributed by atoms with Gasteiger partial charge in [-0.25, -0.2) is 0 Å². The van der Waals surface area contributed by atoms with Crippen molar-refractivity contribution in [2.45, 2.75) is 65.0 Å². The molecule has 3 atom stereocenters. The maximum atomic E-state index is 10.4. The van der Waals surface area contributed by atoms with Crippen LogP contribution in [0, 0.1) is 11.3 Å². The lowest BCUT2D eigenvalue weighted by atomic mass is 9.69. The Morgan fingerprint density at radius 3 is 2.21 bits per heavy atom. The molecule has 0 aromatic carbocycles. The molecule has 0 heterocycles. The van der Waals surface area contributed by atoms with Crippen molar-refractivity contribution < 1.29 is 5.11 Å². The molecule has 0 amide bonds. The number of rotatable bonds is 5. The Bertz CT molecular complexity index is 268. The van der Waals surface area contributed by atoms with E-state index in [2.05, 4.69) is 26.1 Å². The molecule has 19 heavy (non-hydrogen) atoms. The largest absolute Gasteiger partial charge is 0.388 e. The summed E-state index contributed by atoms with van der Waals surface area (Å²) in [5.74, 6) is 0.719. The lowest BCUT2D eigenvalue weighted by Crippen LogP contribution is -2.52. The highest BCUT2D eigenvalue weighted by molar-refractivity contribution is 4.90. The zero-order chi connectivity index (χ0) is 14.7. The molecule has 0 saturated heterocycles. The van der Waals surface area contributed by atoms with Gasteiger partial charge in [-0.2, -0.15) is 0 Å². The summed E-state index contributed by atoms with van der Waals surface area (Å²) < 4.78 is 0. The molecular formula is C16H34N2O. The molecule has 1 aliphatic carbocycles. The van der Waals surface area contributed by atoms with Gasteiger partial charge in [-0.3, -0.25) is 0 Å². The SMILES string of the molecule is CN(C)CC(C)(O)CNC1CCCCC1C(C)(C)C. The van der Waals surface area contributed by atoms with Gasteiger partial charge in [-0.05, 0) is 45.2 Å². The van der Waals surface area contributed by atoms with Gasteiger partial charge in [0.1, 0.15) is 0 Å². The number of likely N-dealkylation sites (N-methyl/N-ethyl adjacent to an activating group) is 1. The van der Waals surface area contributed by atoms with Crippen LogP contribution in [0.1, 0.15) is 53.4 Å². The van der Waals surface area contributed by atoms with Gasteiger partial charge in [-0.1, -0.05) is 33.6 Å². The van der Waals surface area contributed by atoms with E-state index < -0.39 is 5.60 Å². The highest BCUT2D eigenvalue weighted by Gasteiger charge is 2.35. The molecule has 0 spiro atoms. The molecule has 3 heteroatoms. The first kappa shape index (κ1) is 16.9. The quantitative estimate of drug-likeness (QED) is 0.806. The normalized spacial score (nSPS) is 28.4. The predicted molar refractivity (Wildman–Crippen MR) is 82.4 cm³/mol.